The predicted molar refractivity (Wildman–Crippen MR) is 88.5 cm³/mol. The SMILES string of the molecule is Cc1ccc(Br)cc1C(=O)N(C)C1CCc2ccccc21. The first-order chi connectivity index (χ1) is 10.1. The molecule has 0 bridgehead atoms. The third-order valence-corrected chi connectivity index (χ3v) is 4.81. The molecule has 1 amide bonds. The second-order valence-corrected chi connectivity index (χ2v) is 6.54. The topological polar surface area (TPSA) is 20.3 Å². The van der Waals surface area contributed by atoms with Crippen LogP contribution < -0.4 is 0 Å². The second-order valence-electron chi connectivity index (χ2n) is 5.63. The lowest BCUT2D eigenvalue weighted by atomic mass is 10.0. The normalized spacial score (nSPS) is 16.6. The Balaban J connectivity index is 1.91. The Morgan fingerprint density at radius 2 is 2.00 bits per heavy atom. The first-order valence-electron chi connectivity index (χ1n) is 7.19. The minimum Gasteiger partial charge on any atom is -0.335 e. The molecule has 0 saturated carbocycles. The Morgan fingerprint density at radius 3 is 2.81 bits per heavy atom. The Kier molecular flexibility index (Phi) is 3.85. The first kappa shape index (κ1) is 14.3. The molecule has 108 valence electrons. The summed E-state index contributed by atoms with van der Waals surface area (Å²) in [6.45, 7) is 1.98. The van der Waals surface area contributed by atoms with Crippen molar-refractivity contribution in [1.82, 2.24) is 4.90 Å². The molecule has 0 radical (unpaired) electrons. The molecule has 21 heavy (non-hydrogen) atoms. The molecule has 2 nitrogen and oxygen atoms in total. The fourth-order valence-electron chi connectivity index (χ4n) is 3.09. The van der Waals surface area contributed by atoms with Crippen molar-refractivity contribution in [2.45, 2.75) is 25.8 Å². The van der Waals surface area contributed by atoms with Gasteiger partial charge in [0.1, 0.15) is 0 Å². The van der Waals surface area contributed by atoms with E-state index in [1.165, 1.54) is 11.1 Å². The van der Waals surface area contributed by atoms with Crippen LogP contribution in [-0.2, 0) is 6.42 Å². The summed E-state index contributed by atoms with van der Waals surface area (Å²) in [6, 6.07) is 14.5. The van der Waals surface area contributed by atoms with Crippen LogP contribution in [0.5, 0.6) is 0 Å². The van der Waals surface area contributed by atoms with Crippen LogP contribution in [0.15, 0.2) is 46.9 Å². The summed E-state index contributed by atoms with van der Waals surface area (Å²) in [6.07, 6.45) is 2.06. The third-order valence-electron chi connectivity index (χ3n) is 4.32. The van der Waals surface area contributed by atoms with Gasteiger partial charge in [0, 0.05) is 17.1 Å². The number of amides is 1. The molecule has 0 heterocycles. The second kappa shape index (κ2) is 5.64. The molecule has 2 aromatic rings. The first-order valence-corrected chi connectivity index (χ1v) is 7.98. The van der Waals surface area contributed by atoms with Gasteiger partial charge in [0.15, 0.2) is 0 Å². The number of rotatable bonds is 2. The zero-order chi connectivity index (χ0) is 15.0. The maximum absolute atomic E-state index is 12.8. The Bertz CT molecular complexity index is 695. The van der Waals surface area contributed by atoms with Crippen LogP contribution >= 0.6 is 15.9 Å². The third kappa shape index (κ3) is 2.62. The summed E-state index contributed by atoms with van der Waals surface area (Å²) < 4.78 is 0.941. The summed E-state index contributed by atoms with van der Waals surface area (Å²) in [5.41, 5.74) is 4.45. The van der Waals surface area contributed by atoms with Crippen LogP contribution in [0.2, 0.25) is 0 Å². The van der Waals surface area contributed by atoms with Gasteiger partial charge in [-0.25, -0.2) is 0 Å². The maximum Gasteiger partial charge on any atom is 0.254 e. The number of fused-ring (bicyclic) bond motifs is 1. The fraction of sp³-hybridized carbons (Fsp3) is 0.278. The lowest BCUT2D eigenvalue weighted by molar-refractivity contribution is 0.0730. The van der Waals surface area contributed by atoms with Crippen molar-refractivity contribution in [3.8, 4) is 0 Å². The molecule has 1 unspecified atom stereocenters. The van der Waals surface area contributed by atoms with Gasteiger partial charge in [-0.05, 0) is 48.6 Å². The highest BCUT2D eigenvalue weighted by Gasteiger charge is 2.29. The lowest BCUT2D eigenvalue weighted by Crippen LogP contribution is -2.30. The molecular formula is C18H18BrNO. The zero-order valence-corrected chi connectivity index (χ0v) is 13.9. The fourth-order valence-corrected chi connectivity index (χ4v) is 3.45. The minimum absolute atomic E-state index is 0.0931. The predicted octanol–water partition coefficient (Wildman–Crippen LogP) is 4.52. The standard InChI is InChI=1S/C18H18BrNO/c1-12-7-9-14(19)11-16(12)18(21)20(2)17-10-8-13-5-3-4-6-15(13)17/h3-7,9,11,17H,8,10H2,1-2H3. The summed E-state index contributed by atoms with van der Waals surface area (Å²) in [5.74, 6) is 0.0931. The molecular weight excluding hydrogens is 326 g/mol. The molecule has 0 N–H and O–H groups in total. The monoisotopic (exact) mass is 343 g/mol. The quantitative estimate of drug-likeness (QED) is 0.785. The lowest BCUT2D eigenvalue weighted by Gasteiger charge is -2.26. The summed E-state index contributed by atoms with van der Waals surface area (Å²) >= 11 is 3.45. The number of hydrogen-bond acceptors (Lipinski definition) is 1. The van der Waals surface area contributed by atoms with Gasteiger partial charge in [-0.1, -0.05) is 46.3 Å². The molecule has 1 atom stereocenters. The van der Waals surface area contributed by atoms with E-state index in [2.05, 4.69) is 40.2 Å². The minimum atomic E-state index is 0.0931. The van der Waals surface area contributed by atoms with Gasteiger partial charge in [0.2, 0.25) is 0 Å². The van der Waals surface area contributed by atoms with Crippen molar-refractivity contribution in [2.24, 2.45) is 0 Å². The van der Waals surface area contributed by atoms with Crippen molar-refractivity contribution in [2.75, 3.05) is 7.05 Å². The number of aryl methyl sites for hydroxylation is 2. The summed E-state index contributed by atoms with van der Waals surface area (Å²) in [7, 11) is 1.91. The van der Waals surface area contributed by atoms with E-state index in [-0.39, 0.29) is 11.9 Å². The van der Waals surface area contributed by atoms with Gasteiger partial charge in [0.25, 0.3) is 5.91 Å². The van der Waals surface area contributed by atoms with Crippen LogP contribution in [0.1, 0.15) is 39.5 Å². The maximum atomic E-state index is 12.8. The Morgan fingerprint density at radius 1 is 1.24 bits per heavy atom. The summed E-state index contributed by atoms with van der Waals surface area (Å²) in [5, 5.41) is 0. The molecule has 1 aliphatic rings. The van der Waals surface area contributed by atoms with E-state index in [1.807, 2.05) is 37.1 Å². The highest BCUT2D eigenvalue weighted by molar-refractivity contribution is 9.10. The number of halogens is 1. The van der Waals surface area contributed by atoms with Gasteiger partial charge in [-0.3, -0.25) is 4.79 Å². The van der Waals surface area contributed by atoms with E-state index >= 15 is 0 Å². The average Bonchev–Trinajstić information content (AvgIpc) is 2.92. The van der Waals surface area contributed by atoms with Gasteiger partial charge in [-0.15, -0.1) is 0 Å². The van der Waals surface area contributed by atoms with E-state index < -0.39 is 0 Å². The number of carbonyl (C=O) groups excluding carboxylic acids is 1. The van der Waals surface area contributed by atoms with Crippen LogP contribution in [0.3, 0.4) is 0 Å². The molecule has 3 heteroatoms. The largest absolute Gasteiger partial charge is 0.335 e. The number of nitrogens with zero attached hydrogens (tertiary/aromatic N) is 1. The number of hydrogen-bond donors (Lipinski definition) is 0. The average molecular weight is 344 g/mol. The van der Waals surface area contributed by atoms with Crippen LogP contribution in [0.4, 0.5) is 0 Å². The summed E-state index contributed by atoms with van der Waals surface area (Å²) in [4.78, 5) is 14.7. The number of carbonyl (C=O) groups is 1. The molecule has 1 aliphatic carbocycles. The molecule has 0 saturated heterocycles. The van der Waals surface area contributed by atoms with Crippen molar-refractivity contribution in [3.05, 3.63) is 69.2 Å². The van der Waals surface area contributed by atoms with Crippen LogP contribution in [0, 0.1) is 6.92 Å². The number of benzene rings is 2. The highest BCUT2D eigenvalue weighted by atomic mass is 79.9. The van der Waals surface area contributed by atoms with Crippen molar-refractivity contribution < 1.29 is 4.79 Å². The molecule has 3 rings (SSSR count). The Labute approximate surface area is 133 Å². The van der Waals surface area contributed by atoms with Crippen molar-refractivity contribution >= 4 is 21.8 Å². The van der Waals surface area contributed by atoms with E-state index in [1.54, 1.807) is 0 Å². The zero-order valence-electron chi connectivity index (χ0n) is 12.3. The van der Waals surface area contributed by atoms with Gasteiger partial charge >= 0.3 is 0 Å². The van der Waals surface area contributed by atoms with E-state index in [0.717, 1.165) is 28.4 Å². The molecule has 2 aromatic carbocycles. The van der Waals surface area contributed by atoms with Crippen molar-refractivity contribution in [1.29, 1.82) is 0 Å². The highest BCUT2D eigenvalue weighted by Crippen LogP contribution is 2.35. The van der Waals surface area contributed by atoms with Crippen LogP contribution in [-0.4, -0.2) is 17.9 Å². The molecule has 0 aliphatic heterocycles. The smallest absolute Gasteiger partial charge is 0.254 e. The molecule has 0 fully saturated rings. The van der Waals surface area contributed by atoms with Crippen LogP contribution in [0.25, 0.3) is 0 Å². The van der Waals surface area contributed by atoms with Gasteiger partial charge in [0.05, 0.1) is 6.04 Å². The molecule has 0 spiro atoms. The Hall–Kier alpha value is -1.61. The van der Waals surface area contributed by atoms with Gasteiger partial charge in [-0.2, -0.15) is 0 Å². The van der Waals surface area contributed by atoms with E-state index in [9.17, 15) is 4.79 Å². The van der Waals surface area contributed by atoms with E-state index in [0.29, 0.717) is 0 Å². The van der Waals surface area contributed by atoms with Crippen molar-refractivity contribution in [3.63, 3.8) is 0 Å². The molecule has 0 aromatic heterocycles. The van der Waals surface area contributed by atoms with E-state index in [4.69, 9.17) is 0 Å². The van der Waals surface area contributed by atoms with Gasteiger partial charge < -0.3 is 4.90 Å².